The molecule has 0 spiro atoms. The van der Waals surface area contributed by atoms with Crippen molar-refractivity contribution in [3.05, 3.63) is 34.3 Å². The highest BCUT2D eigenvalue weighted by atomic mass is 79.9. The van der Waals surface area contributed by atoms with Crippen LogP contribution < -0.4 is 0 Å². The van der Waals surface area contributed by atoms with Crippen molar-refractivity contribution in [2.75, 3.05) is 32.7 Å². The molecule has 0 radical (unpaired) electrons. The standard InChI is InChI=1S/C15H21BrN2O/c1-3-17-7-9-18(10-8-17)15(19)12(2)13-5-4-6-14(16)11-13/h4-6,11-12H,3,7-10H2,1-2H3. The van der Waals surface area contributed by atoms with Crippen molar-refractivity contribution < 1.29 is 4.79 Å². The minimum Gasteiger partial charge on any atom is -0.340 e. The molecule has 0 saturated carbocycles. The molecule has 3 nitrogen and oxygen atoms in total. The average molecular weight is 325 g/mol. The van der Waals surface area contributed by atoms with Crippen LogP contribution >= 0.6 is 15.9 Å². The molecule has 19 heavy (non-hydrogen) atoms. The number of carbonyl (C=O) groups is 1. The normalized spacial score (nSPS) is 18.4. The minimum absolute atomic E-state index is 0.0642. The fourth-order valence-electron chi connectivity index (χ4n) is 2.48. The Morgan fingerprint density at radius 2 is 2.00 bits per heavy atom. The number of rotatable bonds is 3. The molecule has 1 saturated heterocycles. The van der Waals surface area contributed by atoms with Crippen LogP contribution in [-0.2, 0) is 4.79 Å². The second-order valence-electron chi connectivity index (χ2n) is 5.04. The Labute approximate surface area is 123 Å². The summed E-state index contributed by atoms with van der Waals surface area (Å²) in [4.78, 5) is 16.9. The molecule has 0 aliphatic carbocycles. The molecule has 1 aromatic carbocycles. The van der Waals surface area contributed by atoms with Crippen molar-refractivity contribution in [2.45, 2.75) is 19.8 Å². The lowest BCUT2D eigenvalue weighted by atomic mass is 9.99. The van der Waals surface area contributed by atoms with Gasteiger partial charge in [-0.25, -0.2) is 0 Å². The number of halogens is 1. The minimum atomic E-state index is -0.0642. The van der Waals surface area contributed by atoms with Gasteiger partial charge in [-0.05, 0) is 31.2 Å². The highest BCUT2D eigenvalue weighted by molar-refractivity contribution is 9.10. The number of piperazine rings is 1. The maximum Gasteiger partial charge on any atom is 0.229 e. The van der Waals surface area contributed by atoms with E-state index in [1.807, 2.05) is 36.1 Å². The maximum atomic E-state index is 12.5. The van der Waals surface area contributed by atoms with Gasteiger partial charge in [0.2, 0.25) is 5.91 Å². The number of nitrogens with zero attached hydrogens (tertiary/aromatic N) is 2. The predicted octanol–water partition coefficient (Wildman–Crippen LogP) is 2.72. The van der Waals surface area contributed by atoms with Gasteiger partial charge in [0.1, 0.15) is 0 Å². The van der Waals surface area contributed by atoms with Gasteiger partial charge in [0.05, 0.1) is 5.92 Å². The highest BCUT2D eigenvalue weighted by Crippen LogP contribution is 2.22. The predicted molar refractivity (Wildman–Crippen MR) is 81.3 cm³/mol. The number of hydrogen-bond acceptors (Lipinski definition) is 2. The van der Waals surface area contributed by atoms with E-state index in [0.717, 1.165) is 42.8 Å². The molecule has 2 rings (SSSR count). The number of carbonyl (C=O) groups excluding carboxylic acids is 1. The molecule has 1 aliphatic heterocycles. The van der Waals surface area contributed by atoms with Gasteiger partial charge < -0.3 is 9.80 Å². The molecule has 1 atom stereocenters. The lowest BCUT2D eigenvalue weighted by molar-refractivity contribution is -0.134. The Hall–Kier alpha value is -0.870. The lowest BCUT2D eigenvalue weighted by Crippen LogP contribution is -2.49. The SMILES string of the molecule is CCN1CCN(C(=O)C(C)c2cccc(Br)c2)CC1. The van der Waals surface area contributed by atoms with E-state index in [9.17, 15) is 4.79 Å². The average Bonchev–Trinajstić information content (AvgIpc) is 2.46. The molecule has 1 heterocycles. The molecule has 0 aromatic heterocycles. The zero-order valence-corrected chi connectivity index (χ0v) is 13.2. The zero-order chi connectivity index (χ0) is 13.8. The third-order valence-corrected chi connectivity index (χ3v) is 4.34. The molecule has 1 fully saturated rings. The van der Waals surface area contributed by atoms with Crippen molar-refractivity contribution in [3.63, 3.8) is 0 Å². The molecule has 4 heteroatoms. The van der Waals surface area contributed by atoms with Crippen molar-refractivity contribution in [1.29, 1.82) is 0 Å². The molecular formula is C15H21BrN2O. The van der Waals surface area contributed by atoms with Crippen LogP contribution in [-0.4, -0.2) is 48.4 Å². The number of likely N-dealkylation sites (N-methyl/N-ethyl adjacent to an activating group) is 1. The van der Waals surface area contributed by atoms with Gasteiger partial charge in [0, 0.05) is 30.7 Å². The maximum absolute atomic E-state index is 12.5. The molecular weight excluding hydrogens is 304 g/mol. The van der Waals surface area contributed by atoms with Crippen molar-refractivity contribution in [3.8, 4) is 0 Å². The third kappa shape index (κ3) is 3.57. The largest absolute Gasteiger partial charge is 0.340 e. The Morgan fingerprint density at radius 3 is 2.58 bits per heavy atom. The van der Waals surface area contributed by atoms with Crippen LogP contribution in [0.1, 0.15) is 25.3 Å². The van der Waals surface area contributed by atoms with E-state index in [1.54, 1.807) is 0 Å². The fourth-order valence-corrected chi connectivity index (χ4v) is 2.89. The van der Waals surface area contributed by atoms with Crippen LogP contribution in [0.2, 0.25) is 0 Å². The Morgan fingerprint density at radius 1 is 1.32 bits per heavy atom. The summed E-state index contributed by atoms with van der Waals surface area (Å²) in [6.07, 6.45) is 0. The van der Waals surface area contributed by atoms with E-state index in [2.05, 4.69) is 27.8 Å². The first-order valence-corrected chi connectivity index (χ1v) is 7.67. The topological polar surface area (TPSA) is 23.6 Å². The van der Waals surface area contributed by atoms with Crippen molar-refractivity contribution in [1.82, 2.24) is 9.80 Å². The fraction of sp³-hybridized carbons (Fsp3) is 0.533. The van der Waals surface area contributed by atoms with Crippen LogP contribution in [0, 0.1) is 0 Å². The van der Waals surface area contributed by atoms with Crippen molar-refractivity contribution in [2.24, 2.45) is 0 Å². The van der Waals surface area contributed by atoms with Crippen LogP contribution in [0.15, 0.2) is 28.7 Å². The molecule has 0 N–H and O–H groups in total. The second-order valence-corrected chi connectivity index (χ2v) is 5.95. The first-order chi connectivity index (χ1) is 9.11. The van der Waals surface area contributed by atoms with Crippen molar-refractivity contribution >= 4 is 21.8 Å². The molecule has 1 amide bonds. The van der Waals surface area contributed by atoms with Crippen LogP contribution in [0.5, 0.6) is 0 Å². The van der Waals surface area contributed by atoms with E-state index in [1.165, 1.54) is 0 Å². The molecule has 104 valence electrons. The van der Waals surface area contributed by atoms with Gasteiger partial charge in [-0.1, -0.05) is 35.0 Å². The number of benzene rings is 1. The second kappa shape index (κ2) is 6.53. The summed E-state index contributed by atoms with van der Waals surface area (Å²) in [5.74, 6) is 0.180. The Bertz CT molecular complexity index is 442. The van der Waals surface area contributed by atoms with Gasteiger partial charge in [-0.2, -0.15) is 0 Å². The van der Waals surface area contributed by atoms with E-state index in [4.69, 9.17) is 0 Å². The van der Waals surface area contributed by atoms with Gasteiger partial charge in [-0.3, -0.25) is 4.79 Å². The Balaban J connectivity index is 2.00. The molecule has 1 unspecified atom stereocenters. The summed E-state index contributed by atoms with van der Waals surface area (Å²) in [5.41, 5.74) is 1.08. The lowest BCUT2D eigenvalue weighted by Gasteiger charge is -2.35. The number of amides is 1. The third-order valence-electron chi connectivity index (χ3n) is 3.85. The van der Waals surface area contributed by atoms with E-state index in [-0.39, 0.29) is 11.8 Å². The van der Waals surface area contributed by atoms with E-state index >= 15 is 0 Å². The molecule has 1 aromatic rings. The summed E-state index contributed by atoms with van der Waals surface area (Å²) in [6.45, 7) is 8.93. The molecule has 0 bridgehead atoms. The Kier molecular flexibility index (Phi) is 4.99. The summed E-state index contributed by atoms with van der Waals surface area (Å²) in [6, 6.07) is 8.03. The number of hydrogen-bond donors (Lipinski definition) is 0. The van der Waals surface area contributed by atoms with Crippen LogP contribution in [0.25, 0.3) is 0 Å². The summed E-state index contributed by atoms with van der Waals surface area (Å²) in [5, 5.41) is 0. The first-order valence-electron chi connectivity index (χ1n) is 6.88. The smallest absolute Gasteiger partial charge is 0.229 e. The highest BCUT2D eigenvalue weighted by Gasteiger charge is 2.25. The van der Waals surface area contributed by atoms with E-state index < -0.39 is 0 Å². The van der Waals surface area contributed by atoms with Gasteiger partial charge in [-0.15, -0.1) is 0 Å². The monoisotopic (exact) mass is 324 g/mol. The van der Waals surface area contributed by atoms with Crippen LogP contribution in [0.3, 0.4) is 0 Å². The first kappa shape index (κ1) is 14.5. The molecule has 1 aliphatic rings. The van der Waals surface area contributed by atoms with Gasteiger partial charge in [0.15, 0.2) is 0 Å². The van der Waals surface area contributed by atoms with E-state index in [0.29, 0.717) is 0 Å². The quantitative estimate of drug-likeness (QED) is 0.853. The zero-order valence-electron chi connectivity index (χ0n) is 11.6. The van der Waals surface area contributed by atoms with Gasteiger partial charge in [0.25, 0.3) is 0 Å². The summed E-state index contributed by atoms with van der Waals surface area (Å²) >= 11 is 3.46. The van der Waals surface area contributed by atoms with Gasteiger partial charge >= 0.3 is 0 Å². The van der Waals surface area contributed by atoms with Crippen LogP contribution in [0.4, 0.5) is 0 Å². The summed E-state index contributed by atoms with van der Waals surface area (Å²) < 4.78 is 1.03. The summed E-state index contributed by atoms with van der Waals surface area (Å²) in [7, 11) is 0.